The van der Waals surface area contributed by atoms with Gasteiger partial charge in [0.15, 0.2) is 0 Å². The molecule has 2 unspecified atom stereocenters. The summed E-state index contributed by atoms with van der Waals surface area (Å²) in [5.41, 5.74) is 0. The molecule has 0 heterocycles. The second kappa shape index (κ2) is 30.0. The Labute approximate surface area is 257 Å². The number of hydrogen-bond acceptors (Lipinski definition) is 8. The quantitative estimate of drug-likeness (QED) is 0.133. The summed E-state index contributed by atoms with van der Waals surface area (Å²) in [6.07, 6.45) is 15.0. The van der Waals surface area contributed by atoms with Crippen LogP contribution in [0.5, 0.6) is 0 Å². The van der Waals surface area contributed by atoms with Crippen LogP contribution >= 0.6 is 0 Å². The molecule has 0 spiro atoms. The fourth-order valence-corrected chi connectivity index (χ4v) is 2.90. The van der Waals surface area contributed by atoms with Crippen LogP contribution < -0.4 is 96.3 Å². The van der Waals surface area contributed by atoms with E-state index in [2.05, 4.69) is 6.92 Å². The minimum atomic E-state index is -2.44. The van der Waals surface area contributed by atoms with Gasteiger partial charge in [-0.1, -0.05) is 96.8 Å². The first-order valence-electron chi connectivity index (χ1n) is 11.2. The Bertz CT molecular complexity index is 434. The van der Waals surface area contributed by atoms with Gasteiger partial charge < -0.3 is 39.9 Å². The summed E-state index contributed by atoms with van der Waals surface area (Å²) >= 11 is 0. The smallest absolute Gasteiger partial charge is 0.550 e. The van der Waals surface area contributed by atoms with Crippen molar-refractivity contribution in [3.8, 4) is 0 Å². The van der Waals surface area contributed by atoms with E-state index in [4.69, 9.17) is 10.2 Å². The Hall–Kier alpha value is 0.966. The molecule has 10 heteroatoms. The molecule has 0 amide bonds. The summed E-state index contributed by atoms with van der Waals surface area (Å²) < 4.78 is 0. The third-order valence-electron chi connectivity index (χ3n) is 4.77. The van der Waals surface area contributed by atoms with Gasteiger partial charge in [-0.25, -0.2) is 0 Å². The molecular weight excluding hydrogens is 454 g/mol. The van der Waals surface area contributed by atoms with Crippen LogP contribution in [0.3, 0.4) is 0 Å². The van der Waals surface area contributed by atoms with Crippen LogP contribution in [0.2, 0.25) is 0 Å². The molecule has 0 aliphatic rings. The predicted octanol–water partition coefficient (Wildman–Crippen LogP) is -5.79. The molecule has 0 aromatic heterocycles. The van der Waals surface area contributed by atoms with E-state index < -0.39 is 30.1 Å². The molecule has 0 aliphatic carbocycles. The van der Waals surface area contributed by atoms with Crippen molar-refractivity contribution in [2.45, 2.75) is 122 Å². The van der Waals surface area contributed by atoms with Crippen molar-refractivity contribution in [2.24, 2.45) is 0 Å². The first-order chi connectivity index (χ1) is 14.2. The zero-order chi connectivity index (χ0) is 23.2. The number of carbonyl (C=O) groups excluding carboxylic acids is 3. The molecule has 0 bridgehead atoms. The van der Waals surface area contributed by atoms with Crippen molar-refractivity contribution < 1.29 is 121 Å². The van der Waals surface area contributed by atoms with Gasteiger partial charge in [-0.05, 0) is 12.8 Å². The van der Waals surface area contributed by atoms with Gasteiger partial charge in [0.1, 0.15) is 12.2 Å². The van der Waals surface area contributed by atoms with Crippen LogP contribution in [-0.2, 0) is 14.4 Å². The van der Waals surface area contributed by atoms with Gasteiger partial charge in [0, 0.05) is 5.97 Å². The van der Waals surface area contributed by atoms with Gasteiger partial charge in [0.2, 0.25) is 0 Å². The van der Waals surface area contributed by atoms with Crippen molar-refractivity contribution in [3.05, 3.63) is 0 Å². The molecule has 32 heavy (non-hydrogen) atoms. The second-order valence-electron chi connectivity index (χ2n) is 7.60. The fourth-order valence-electron chi connectivity index (χ4n) is 2.90. The zero-order valence-electron chi connectivity index (χ0n) is 20.3. The molecule has 0 saturated carbocycles. The van der Waals surface area contributed by atoms with Crippen LogP contribution in [0.1, 0.15) is 110 Å². The monoisotopic (exact) mass is 493 g/mol. The van der Waals surface area contributed by atoms with Crippen molar-refractivity contribution >= 4 is 17.9 Å². The number of aliphatic hydroxyl groups is 2. The number of aliphatic carboxylic acids is 3. The predicted molar refractivity (Wildman–Crippen MR) is 107 cm³/mol. The second-order valence-corrected chi connectivity index (χ2v) is 7.60. The minimum absolute atomic E-state index is 0. The molecule has 2 atom stereocenters. The summed E-state index contributed by atoms with van der Waals surface area (Å²) in [4.78, 5) is 29.5. The fraction of sp³-hybridized carbons (Fsp3) is 0.864. The molecule has 178 valence electrons. The summed E-state index contributed by atoms with van der Waals surface area (Å²) in [5, 5.41) is 46.0. The average Bonchev–Trinajstić information content (AvgIpc) is 2.69. The van der Waals surface area contributed by atoms with Crippen LogP contribution in [0.25, 0.3) is 0 Å². The van der Waals surface area contributed by atoms with Gasteiger partial charge >= 0.3 is 80.9 Å². The number of aliphatic hydroxyl groups excluding tert-OH is 2. The average molecular weight is 494 g/mol. The zero-order valence-corrected chi connectivity index (χ0v) is 25.4. The molecule has 0 aliphatic heterocycles. The Balaban J connectivity index is -0.000000279. The van der Waals surface area contributed by atoms with E-state index >= 15 is 0 Å². The molecule has 0 saturated heterocycles. The summed E-state index contributed by atoms with van der Waals surface area (Å²) in [7, 11) is 0. The number of hydrogen-bond donors (Lipinski definition) is 2. The summed E-state index contributed by atoms with van der Waals surface area (Å²) in [6, 6.07) is 0. The number of carboxylic acid groups (broad SMARTS) is 3. The normalized spacial score (nSPS) is 11.7. The Kier molecular flexibility index (Phi) is 37.6. The van der Waals surface area contributed by atoms with Gasteiger partial charge in [-0.2, -0.15) is 0 Å². The Morgan fingerprint density at radius 3 is 1.06 bits per heavy atom. The molecule has 2 N–H and O–H groups in total. The standard InChI is InChI=1S/C18H36O2.C4H6O6.K.Na/c1-2-3-4-5-6-7-8-9-10-11-12-13-14-15-16-17-18(19)20;5-1(3(7)8)2(6)4(9)10;;/h2-17H2,1H3,(H,19,20);1-2,5-6H,(H,7,8)(H,9,10);;/q;;2*+1/p-3. The number of rotatable bonds is 19. The van der Waals surface area contributed by atoms with Crippen molar-refractivity contribution in [2.75, 3.05) is 0 Å². The van der Waals surface area contributed by atoms with Crippen molar-refractivity contribution in [1.82, 2.24) is 0 Å². The van der Waals surface area contributed by atoms with Crippen molar-refractivity contribution in [3.63, 3.8) is 0 Å². The topological polar surface area (TPSA) is 161 Å². The van der Waals surface area contributed by atoms with E-state index in [1.807, 2.05) is 0 Å². The molecule has 0 aromatic rings. The van der Waals surface area contributed by atoms with Crippen molar-refractivity contribution in [1.29, 1.82) is 0 Å². The molecule has 0 fully saturated rings. The Morgan fingerprint density at radius 2 is 0.844 bits per heavy atom. The maximum absolute atomic E-state index is 10.2. The van der Waals surface area contributed by atoms with Gasteiger partial charge in [-0.15, -0.1) is 0 Å². The largest absolute Gasteiger partial charge is 1.00 e. The Morgan fingerprint density at radius 1 is 0.594 bits per heavy atom. The van der Waals surface area contributed by atoms with Gasteiger partial charge in [0.05, 0.1) is 11.9 Å². The van der Waals surface area contributed by atoms with Crippen LogP contribution in [0.4, 0.5) is 0 Å². The van der Waals surface area contributed by atoms with E-state index in [-0.39, 0.29) is 87.4 Å². The first-order valence-corrected chi connectivity index (χ1v) is 11.2. The molecular formula is C22H39KNaO8-. The van der Waals surface area contributed by atoms with E-state index in [1.54, 1.807) is 0 Å². The summed E-state index contributed by atoms with van der Waals surface area (Å²) in [5.74, 6) is -5.02. The third-order valence-corrected chi connectivity index (χ3v) is 4.77. The number of carboxylic acids is 3. The van der Waals surface area contributed by atoms with Gasteiger partial charge in [0.25, 0.3) is 0 Å². The van der Waals surface area contributed by atoms with E-state index in [1.165, 1.54) is 83.5 Å². The van der Waals surface area contributed by atoms with Crippen LogP contribution in [0.15, 0.2) is 0 Å². The maximum Gasteiger partial charge on any atom is 1.00 e. The van der Waals surface area contributed by atoms with E-state index in [0.717, 1.165) is 12.8 Å². The van der Waals surface area contributed by atoms with Crippen LogP contribution in [0, 0.1) is 0 Å². The number of carbonyl (C=O) groups is 3. The summed E-state index contributed by atoms with van der Waals surface area (Å²) in [6.45, 7) is 2.27. The van der Waals surface area contributed by atoms with Crippen LogP contribution in [-0.4, -0.2) is 40.3 Å². The van der Waals surface area contributed by atoms with Gasteiger partial charge in [-0.3, -0.25) is 0 Å². The minimum Gasteiger partial charge on any atom is -0.550 e. The molecule has 0 radical (unpaired) electrons. The molecule has 8 nitrogen and oxygen atoms in total. The number of unbranched alkanes of at least 4 members (excludes halogenated alkanes) is 14. The molecule has 0 aromatic carbocycles. The SMILES string of the molecule is CCCCCCCCCCCCCCCCCC(=O)[O-].O=C([O-])C(O)C(O)C(=O)[O-].[K+].[Na+]. The first kappa shape index (κ1) is 40.1. The third kappa shape index (κ3) is 31.0. The maximum atomic E-state index is 10.2. The van der Waals surface area contributed by atoms with E-state index in [9.17, 15) is 29.7 Å². The van der Waals surface area contributed by atoms with E-state index in [0.29, 0.717) is 0 Å². The molecule has 0 rings (SSSR count).